The molecule has 8 heteroatoms. The topological polar surface area (TPSA) is 46.6 Å². The highest BCUT2D eigenvalue weighted by Crippen LogP contribution is 2.22. The summed E-state index contributed by atoms with van der Waals surface area (Å²) in [6, 6.07) is 8.85. The van der Waals surface area contributed by atoms with E-state index in [4.69, 9.17) is 0 Å². The fourth-order valence-electron chi connectivity index (χ4n) is 1.74. The lowest BCUT2D eigenvalue weighted by molar-refractivity contribution is -0.194. The molecule has 0 atom stereocenters. The van der Waals surface area contributed by atoms with Crippen LogP contribution >= 0.6 is 0 Å². The second-order valence-electron chi connectivity index (χ2n) is 4.62. The Morgan fingerprint density at radius 2 is 1.86 bits per heavy atom. The second-order valence-corrected chi connectivity index (χ2v) is 6.44. The van der Waals surface area contributed by atoms with Gasteiger partial charge in [0.05, 0.1) is 6.10 Å². The normalized spacial score (nSPS) is 18.0. The Labute approximate surface area is 120 Å². The van der Waals surface area contributed by atoms with Gasteiger partial charge in [0, 0.05) is 18.5 Å². The SMILES string of the molecule is O=S(=O)(C=Cc1ccccc1)N1CC(OCC(F)(F)F)C1. The molecule has 0 radical (unpaired) electrons. The molecule has 1 saturated heterocycles. The van der Waals surface area contributed by atoms with Crippen molar-refractivity contribution < 1.29 is 26.3 Å². The Morgan fingerprint density at radius 3 is 2.43 bits per heavy atom. The summed E-state index contributed by atoms with van der Waals surface area (Å²) in [6.07, 6.45) is -3.65. The van der Waals surface area contributed by atoms with Gasteiger partial charge in [0.15, 0.2) is 0 Å². The minimum Gasteiger partial charge on any atom is -0.366 e. The Kier molecular flexibility index (Phi) is 4.70. The maximum atomic E-state index is 11.9. The number of sulfonamides is 1. The van der Waals surface area contributed by atoms with Crippen LogP contribution in [0.2, 0.25) is 0 Å². The molecule has 2 rings (SSSR count). The third-order valence-electron chi connectivity index (χ3n) is 2.89. The number of nitrogens with zero attached hydrogens (tertiary/aromatic N) is 1. The number of hydrogen-bond acceptors (Lipinski definition) is 3. The highest BCUT2D eigenvalue weighted by molar-refractivity contribution is 7.92. The van der Waals surface area contributed by atoms with E-state index in [0.29, 0.717) is 0 Å². The summed E-state index contributed by atoms with van der Waals surface area (Å²) in [6.45, 7) is -1.47. The largest absolute Gasteiger partial charge is 0.411 e. The number of halogens is 3. The van der Waals surface area contributed by atoms with Gasteiger partial charge >= 0.3 is 6.18 Å². The van der Waals surface area contributed by atoms with E-state index in [0.717, 1.165) is 15.3 Å². The molecule has 0 amide bonds. The molecule has 0 saturated carbocycles. The zero-order valence-electron chi connectivity index (χ0n) is 11.0. The van der Waals surface area contributed by atoms with E-state index in [9.17, 15) is 21.6 Å². The van der Waals surface area contributed by atoms with Gasteiger partial charge in [-0.15, -0.1) is 0 Å². The maximum Gasteiger partial charge on any atom is 0.411 e. The molecule has 0 aliphatic carbocycles. The number of hydrogen-bond donors (Lipinski definition) is 0. The number of ether oxygens (including phenoxy) is 1. The smallest absolute Gasteiger partial charge is 0.366 e. The van der Waals surface area contributed by atoms with Crippen molar-refractivity contribution in [2.45, 2.75) is 12.3 Å². The molecule has 0 spiro atoms. The van der Waals surface area contributed by atoms with Gasteiger partial charge < -0.3 is 4.74 Å². The average Bonchev–Trinajstić information content (AvgIpc) is 2.34. The number of benzene rings is 1. The molecular formula is C13H14F3NO3S. The minimum absolute atomic E-state index is 0.0580. The summed E-state index contributed by atoms with van der Waals surface area (Å²) in [7, 11) is -3.62. The van der Waals surface area contributed by atoms with Crippen LogP contribution in [0.4, 0.5) is 13.2 Å². The predicted molar refractivity (Wildman–Crippen MR) is 71.8 cm³/mol. The summed E-state index contributed by atoms with van der Waals surface area (Å²) in [5.41, 5.74) is 0.728. The van der Waals surface area contributed by atoms with Gasteiger partial charge in [-0.3, -0.25) is 0 Å². The molecule has 1 fully saturated rings. The summed E-state index contributed by atoms with van der Waals surface area (Å²) < 4.78 is 65.3. The van der Waals surface area contributed by atoms with Crippen LogP contribution in [0, 0.1) is 0 Å². The van der Waals surface area contributed by atoms with Crippen LogP contribution in [-0.4, -0.2) is 44.7 Å². The molecule has 0 unspecified atom stereocenters. The third kappa shape index (κ3) is 4.83. The van der Waals surface area contributed by atoms with E-state index in [1.54, 1.807) is 24.3 Å². The van der Waals surface area contributed by atoms with E-state index in [2.05, 4.69) is 4.74 Å². The van der Waals surface area contributed by atoms with Crippen molar-refractivity contribution in [2.24, 2.45) is 0 Å². The summed E-state index contributed by atoms with van der Waals surface area (Å²) >= 11 is 0. The fourth-order valence-corrected chi connectivity index (χ4v) is 2.99. The fraction of sp³-hybridized carbons (Fsp3) is 0.385. The average molecular weight is 321 g/mol. The highest BCUT2D eigenvalue weighted by Gasteiger charge is 2.38. The van der Waals surface area contributed by atoms with Gasteiger partial charge in [-0.2, -0.15) is 17.5 Å². The molecule has 4 nitrogen and oxygen atoms in total. The van der Waals surface area contributed by atoms with Crippen LogP contribution in [-0.2, 0) is 14.8 Å². The first-order valence-corrected chi connectivity index (χ1v) is 7.68. The Balaban J connectivity index is 1.85. The molecule has 116 valence electrons. The van der Waals surface area contributed by atoms with Gasteiger partial charge in [0.25, 0.3) is 0 Å². The van der Waals surface area contributed by atoms with Crippen LogP contribution < -0.4 is 0 Å². The molecule has 1 heterocycles. The summed E-state index contributed by atoms with van der Waals surface area (Å²) in [5, 5.41) is 1.04. The van der Waals surface area contributed by atoms with Gasteiger partial charge in [-0.05, 0) is 11.6 Å². The first kappa shape index (κ1) is 16.0. The van der Waals surface area contributed by atoms with Crippen LogP contribution in [0.15, 0.2) is 35.7 Å². The van der Waals surface area contributed by atoms with E-state index >= 15 is 0 Å². The Bertz CT molecular complexity index is 593. The van der Waals surface area contributed by atoms with Crippen LogP contribution in [0.3, 0.4) is 0 Å². The van der Waals surface area contributed by atoms with Crippen molar-refractivity contribution >= 4 is 16.1 Å². The molecule has 21 heavy (non-hydrogen) atoms. The highest BCUT2D eigenvalue weighted by atomic mass is 32.2. The minimum atomic E-state index is -4.40. The van der Waals surface area contributed by atoms with Crippen molar-refractivity contribution in [1.82, 2.24) is 4.31 Å². The number of rotatable bonds is 5. The summed E-state index contributed by atoms with van der Waals surface area (Å²) in [5.74, 6) is 0. The molecule has 0 N–H and O–H groups in total. The van der Waals surface area contributed by atoms with Crippen molar-refractivity contribution in [1.29, 1.82) is 0 Å². The maximum absolute atomic E-state index is 11.9. The van der Waals surface area contributed by atoms with Crippen molar-refractivity contribution in [3.63, 3.8) is 0 Å². The third-order valence-corrected chi connectivity index (χ3v) is 4.39. The van der Waals surface area contributed by atoms with E-state index in [1.807, 2.05) is 6.07 Å². The van der Waals surface area contributed by atoms with E-state index in [1.165, 1.54) is 6.08 Å². The Morgan fingerprint density at radius 1 is 1.24 bits per heavy atom. The van der Waals surface area contributed by atoms with E-state index in [-0.39, 0.29) is 13.1 Å². The zero-order chi connectivity index (χ0) is 15.5. The van der Waals surface area contributed by atoms with Gasteiger partial charge in [0.1, 0.15) is 6.61 Å². The first-order chi connectivity index (χ1) is 9.76. The monoisotopic (exact) mass is 321 g/mol. The molecule has 0 aromatic heterocycles. The van der Waals surface area contributed by atoms with Gasteiger partial charge in [-0.1, -0.05) is 30.3 Å². The quantitative estimate of drug-likeness (QED) is 0.836. The van der Waals surface area contributed by atoms with Crippen LogP contribution in [0.1, 0.15) is 5.56 Å². The van der Waals surface area contributed by atoms with Crippen LogP contribution in [0.5, 0.6) is 0 Å². The molecule has 1 aliphatic heterocycles. The van der Waals surface area contributed by atoms with Gasteiger partial charge in [-0.25, -0.2) is 8.42 Å². The molecule has 1 aromatic carbocycles. The number of alkyl halides is 3. The van der Waals surface area contributed by atoms with E-state index < -0.39 is 28.9 Å². The van der Waals surface area contributed by atoms with Crippen LogP contribution in [0.25, 0.3) is 6.08 Å². The molecule has 0 bridgehead atoms. The zero-order valence-corrected chi connectivity index (χ0v) is 11.8. The van der Waals surface area contributed by atoms with Crippen molar-refractivity contribution in [3.05, 3.63) is 41.3 Å². The second kappa shape index (κ2) is 6.17. The lowest BCUT2D eigenvalue weighted by Crippen LogP contribution is -2.54. The van der Waals surface area contributed by atoms with Gasteiger partial charge in [0.2, 0.25) is 10.0 Å². The summed E-state index contributed by atoms with van der Waals surface area (Å²) in [4.78, 5) is 0. The molecule has 1 aliphatic rings. The lowest BCUT2D eigenvalue weighted by atomic mass is 10.2. The first-order valence-electron chi connectivity index (χ1n) is 6.18. The standard InChI is InChI=1S/C13H14F3NO3S/c14-13(15,16)10-20-12-8-17(9-12)21(18,19)7-6-11-4-2-1-3-5-11/h1-7,12H,8-10H2. The van der Waals surface area contributed by atoms with Crippen molar-refractivity contribution in [3.8, 4) is 0 Å². The Hall–Kier alpha value is -1.38. The van der Waals surface area contributed by atoms with Crippen molar-refractivity contribution in [2.75, 3.05) is 19.7 Å². The predicted octanol–water partition coefficient (Wildman–Crippen LogP) is 2.25. The lowest BCUT2D eigenvalue weighted by Gasteiger charge is -2.36. The molecular weight excluding hydrogens is 307 g/mol. The molecule has 1 aromatic rings.